The van der Waals surface area contributed by atoms with E-state index in [1.807, 2.05) is 0 Å². The topological polar surface area (TPSA) is 35.2 Å². The van der Waals surface area contributed by atoms with Crippen LogP contribution in [0.25, 0.3) is 0 Å². The average molecular weight is 367 g/mol. The molecule has 0 aliphatic rings. The van der Waals surface area contributed by atoms with Crippen molar-refractivity contribution in [1.82, 2.24) is 0 Å². The quantitative estimate of drug-likeness (QED) is 0.747. The summed E-state index contributed by atoms with van der Waals surface area (Å²) in [6.07, 6.45) is -4.79. The Hall–Kier alpha value is -2.29. The lowest BCUT2D eigenvalue weighted by molar-refractivity contribution is -0.137. The molecule has 0 saturated carbocycles. The van der Waals surface area contributed by atoms with Crippen molar-refractivity contribution in [3.05, 3.63) is 65.2 Å². The van der Waals surface area contributed by atoms with Crippen LogP contribution in [0.1, 0.15) is 22.7 Å². The number of nitrogens with two attached hydrogens (primary N) is 1. The summed E-state index contributed by atoms with van der Waals surface area (Å²) in [5.74, 6) is -4.26. The molecule has 0 radical (unpaired) electrons. The van der Waals surface area contributed by atoms with Crippen LogP contribution in [0, 0.1) is 0 Å². The molecule has 2 nitrogen and oxygen atoms in total. The van der Waals surface area contributed by atoms with Crippen molar-refractivity contribution >= 4 is 0 Å². The lowest BCUT2D eigenvalue weighted by Crippen LogP contribution is -2.31. The molecule has 2 aromatic carbocycles. The van der Waals surface area contributed by atoms with Gasteiger partial charge in [0.25, 0.3) is 5.92 Å². The second-order valence-electron chi connectivity index (χ2n) is 5.13. The van der Waals surface area contributed by atoms with Gasteiger partial charge in [-0.25, -0.2) is 0 Å². The Labute approximate surface area is 138 Å². The van der Waals surface area contributed by atoms with Gasteiger partial charge in [-0.05, 0) is 29.8 Å². The van der Waals surface area contributed by atoms with E-state index in [2.05, 4.69) is 4.74 Å². The summed E-state index contributed by atoms with van der Waals surface area (Å²) in [7, 11) is 0. The SMILES string of the molecule is NC(c1cccc(OC(F)F)c1)C(F)(F)c1cccc(C(F)(F)F)c1. The minimum atomic E-state index is -4.79. The maximum absolute atomic E-state index is 14.5. The summed E-state index contributed by atoms with van der Waals surface area (Å²) in [6, 6.07) is 4.88. The summed E-state index contributed by atoms with van der Waals surface area (Å²) in [5, 5.41) is 0. The number of hydrogen-bond acceptors (Lipinski definition) is 2. The van der Waals surface area contributed by atoms with Gasteiger partial charge >= 0.3 is 12.8 Å². The molecular formula is C16H12F7NO. The molecule has 2 rings (SSSR count). The van der Waals surface area contributed by atoms with Gasteiger partial charge in [-0.2, -0.15) is 30.7 Å². The van der Waals surface area contributed by atoms with E-state index in [-0.39, 0.29) is 11.3 Å². The van der Waals surface area contributed by atoms with Crippen LogP contribution in [0.4, 0.5) is 30.7 Å². The summed E-state index contributed by atoms with van der Waals surface area (Å²) >= 11 is 0. The molecule has 9 heteroatoms. The van der Waals surface area contributed by atoms with Crippen LogP contribution < -0.4 is 10.5 Å². The molecule has 0 aliphatic carbocycles. The van der Waals surface area contributed by atoms with Crippen LogP contribution >= 0.6 is 0 Å². The number of alkyl halides is 7. The number of rotatable bonds is 5. The van der Waals surface area contributed by atoms with E-state index in [0.29, 0.717) is 12.1 Å². The van der Waals surface area contributed by atoms with Gasteiger partial charge in [0.05, 0.1) is 11.6 Å². The molecule has 136 valence electrons. The highest BCUT2D eigenvalue weighted by molar-refractivity contribution is 5.35. The van der Waals surface area contributed by atoms with Gasteiger partial charge in [0, 0.05) is 5.56 Å². The standard InChI is InChI=1S/C16H12F7NO/c17-14(18)25-12-6-1-3-9(7-12)13(24)15(19,20)10-4-2-5-11(8-10)16(21,22)23/h1-8,13-14H,24H2. The molecule has 0 amide bonds. The summed E-state index contributed by atoms with van der Waals surface area (Å²) in [6.45, 7) is -3.16. The van der Waals surface area contributed by atoms with Gasteiger partial charge in [0.1, 0.15) is 5.75 Å². The molecule has 0 aliphatic heterocycles. The third-order valence-electron chi connectivity index (χ3n) is 3.41. The van der Waals surface area contributed by atoms with Crippen LogP contribution in [-0.2, 0) is 12.1 Å². The molecule has 0 bridgehead atoms. The normalized spacial score (nSPS) is 13.8. The predicted octanol–water partition coefficient (Wildman–Crippen LogP) is 5.10. The van der Waals surface area contributed by atoms with E-state index in [1.165, 1.54) is 6.07 Å². The van der Waals surface area contributed by atoms with Gasteiger partial charge in [0.2, 0.25) is 0 Å². The van der Waals surface area contributed by atoms with Crippen LogP contribution in [0.3, 0.4) is 0 Å². The van der Waals surface area contributed by atoms with Gasteiger partial charge in [-0.1, -0.05) is 24.3 Å². The van der Waals surface area contributed by atoms with Gasteiger partial charge in [-0.3, -0.25) is 0 Å². The summed E-state index contributed by atoms with van der Waals surface area (Å²) in [4.78, 5) is 0. The summed E-state index contributed by atoms with van der Waals surface area (Å²) in [5.41, 5.74) is 3.05. The Balaban J connectivity index is 2.36. The average Bonchev–Trinajstić information content (AvgIpc) is 2.53. The molecule has 0 spiro atoms. The lowest BCUT2D eigenvalue weighted by atomic mass is 9.94. The maximum Gasteiger partial charge on any atom is 0.416 e. The third-order valence-corrected chi connectivity index (χ3v) is 3.41. The third kappa shape index (κ3) is 4.41. The Morgan fingerprint density at radius 2 is 1.44 bits per heavy atom. The van der Waals surface area contributed by atoms with Crippen molar-refractivity contribution in [1.29, 1.82) is 0 Å². The first-order chi connectivity index (χ1) is 11.5. The molecule has 1 unspecified atom stereocenters. The van der Waals surface area contributed by atoms with Gasteiger partial charge in [0.15, 0.2) is 0 Å². The molecule has 1 atom stereocenters. The minimum Gasteiger partial charge on any atom is -0.435 e. The Morgan fingerprint density at radius 1 is 0.840 bits per heavy atom. The van der Waals surface area contributed by atoms with Crippen LogP contribution in [0.5, 0.6) is 5.75 Å². The molecular weight excluding hydrogens is 355 g/mol. The molecule has 0 heterocycles. The minimum absolute atomic E-state index is 0.263. The molecule has 0 aromatic heterocycles. The molecule has 0 saturated heterocycles. The zero-order valence-corrected chi connectivity index (χ0v) is 12.4. The predicted molar refractivity (Wildman–Crippen MR) is 75.3 cm³/mol. The Kier molecular flexibility index (Phi) is 5.26. The molecule has 0 fully saturated rings. The number of ether oxygens (including phenoxy) is 1. The van der Waals surface area contributed by atoms with E-state index < -0.39 is 35.9 Å². The maximum atomic E-state index is 14.5. The highest BCUT2D eigenvalue weighted by atomic mass is 19.4. The Morgan fingerprint density at radius 3 is 2.04 bits per heavy atom. The second kappa shape index (κ2) is 6.91. The fourth-order valence-electron chi connectivity index (χ4n) is 2.18. The lowest BCUT2D eigenvalue weighted by Gasteiger charge is -2.25. The Bertz CT molecular complexity index is 730. The highest BCUT2D eigenvalue weighted by Gasteiger charge is 2.42. The van der Waals surface area contributed by atoms with E-state index >= 15 is 0 Å². The van der Waals surface area contributed by atoms with E-state index in [1.54, 1.807) is 0 Å². The van der Waals surface area contributed by atoms with E-state index in [9.17, 15) is 30.7 Å². The van der Waals surface area contributed by atoms with Crippen molar-refractivity contribution in [3.8, 4) is 5.75 Å². The van der Waals surface area contributed by atoms with Crippen LogP contribution in [-0.4, -0.2) is 6.61 Å². The monoisotopic (exact) mass is 367 g/mol. The smallest absolute Gasteiger partial charge is 0.416 e. The largest absolute Gasteiger partial charge is 0.435 e. The molecule has 2 aromatic rings. The van der Waals surface area contributed by atoms with Crippen molar-refractivity contribution in [2.45, 2.75) is 24.8 Å². The fraction of sp³-hybridized carbons (Fsp3) is 0.250. The summed E-state index contributed by atoms with van der Waals surface area (Å²) < 4.78 is 95.6. The first-order valence-electron chi connectivity index (χ1n) is 6.87. The van der Waals surface area contributed by atoms with Gasteiger partial charge in [-0.15, -0.1) is 0 Å². The highest BCUT2D eigenvalue weighted by Crippen LogP contribution is 2.41. The molecule has 2 N–H and O–H groups in total. The van der Waals surface area contributed by atoms with Crippen molar-refractivity contribution in [2.75, 3.05) is 0 Å². The second-order valence-corrected chi connectivity index (χ2v) is 5.13. The zero-order valence-electron chi connectivity index (χ0n) is 12.4. The molecule has 25 heavy (non-hydrogen) atoms. The first-order valence-corrected chi connectivity index (χ1v) is 6.87. The number of halogens is 7. The van der Waals surface area contributed by atoms with Crippen molar-refractivity contribution < 1.29 is 35.5 Å². The van der Waals surface area contributed by atoms with Crippen molar-refractivity contribution in [3.63, 3.8) is 0 Å². The van der Waals surface area contributed by atoms with Crippen LogP contribution in [0.15, 0.2) is 48.5 Å². The zero-order chi connectivity index (χ0) is 18.8. The van der Waals surface area contributed by atoms with E-state index in [0.717, 1.165) is 30.3 Å². The number of hydrogen-bond donors (Lipinski definition) is 1. The van der Waals surface area contributed by atoms with Gasteiger partial charge < -0.3 is 10.5 Å². The first kappa shape index (κ1) is 19.0. The van der Waals surface area contributed by atoms with Crippen molar-refractivity contribution in [2.24, 2.45) is 5.73 Å². The van der Waals surface area contributed by atoms with E-state index in [4.69, 9.17) is 5.73 Å². The van der Waals surface area contributed by atoms with Crippen LogP contribution in [0.2, 0.25) is 0 Å². The fourth-order valence-corrected chi connectivity index (χ4v) is 2.18. The number of benzene rings is 2.